The zero-order valence-electron chi connectivity index (χ0n) is 9.81. The molecule has 2 rings (SSSR count). The van der Waals surface area contributed by atoms with Gasteiger partial charge in [-0.2, -0.15) is 8.78 Å². The van der Waals surface area contributed by atoms with Crippen LogP contribution in [0.1, 0.15) is 18.2 Å². The molecule has 1 unspecified atom stereocenters. The first-order valence-corrected chi connectivity index (χ1v) is 5.77. The maximum absolute atomic E-state index is 12.0. The van der Waals surface area contributed by atoms with E-state index in [0.717, 1.165) is 0 Å². The maximum Gasteiger partial charge on any atom is 0.387 e. The van der Waals surface area contributed by atoms with Gasteiger partial charge in [0.1, 0.15) is 11.1 Å². The third-order valence-corrected chi connectivity index (χ3v) is 2.30. The Bertz CT molecular complexity index is 531. The SMILES string of the molecule is CC(Cl)c1nnc(Nc2ccc(OC(F)F)cc2)o1. The molecule has 0 bridgehead atoms. The molecule has 19 heavy (non-hydrogen) atoms. The summed E-state index contributed by atoms with van der Waals surface area (Å²) in [7, 11) is 0. The van der Waals surface area contributed by atoms with E-state index in [9.17, 15) is 8.78 Å². The van der Waals surface area contributed by atoms with Gasteiger partial charge in [-0.3, -0.25) is 0 Å². The number of aromatic nitrogens is 2. The Morgan fingerprint density at radius 1 is 1.26 bits per heavy atom. The first-order valence-electron chi connectivity index (χ1n) is 5.34. The van der Waals surface area contributed by atoms with Crippen LogP contribution in [0.5, 0.6) is 5.75 Å². The minimum absolute atomic E-state index is 0.0705. The zero-order valence-corrected chi connectivity index (χ0v) is 10.6. The molecule has 0 aliphatic heterocycles. The van der Waals surface area contributed by atoms with Crippen LogP contribution in [0, 0.1) is 0 Å². The van der Waals surface area contributed by atoms with E-state index >= 15 is 0 Å². The van der Waals surface area contributed by atoms with Gasteiger partial charge in [-0.1, -0.05) is 5.10 Å². The highest BCUT2D eigenvalue weighted by molar-refractivity contribution is 6.20. The van der Waals surface area contributed by atoms with Crippen LogP contribution in [-0.2, 0) is 0 Å². The van der Waals surface area contributed by atoms with Crippen molar-refractivity contribution in [2.45, 2.75) is 18.9 Å². The molecule has 102 valence electrons. The van der Waals surface area contributed by atoms with E-state index < -0.39 is 6.61 Å². The second-order valence-electron chi connectivity index (χ2n) is 3.59. The highest BCUT2D eigenvalue weighted by Crippen LogP contribution is 2.23. The van der Waals surface area contributed by atoms with Crippen molar-refractivity contribution in [1.82, 2.24) is 10.2 Å². The zero-order chi connectivity index (χ0) is 13.8. The summed E-state index contributed by atoms with van der Waals surface area (Å²) in [4.78, 5) is 0. The van der Waals surface area contributed by atoms with E-state index in [1.165, 1.54) is 12.1 Å². The van der Waals surface area contributed by atoms with Gasteiger partial charge in [-0.25, -0.2) is 0 Å². The molecule has 1 N–H and O–H groups in total. The fraction of sp³-hybridized carbons (Fsp3) is 0.273. The first-order chi connectivity index (χ1) is 9.04. The molecule has 1 heterocycles. The van der Waals surface area contributed by atoms with Crippen LogP contribution in [-0.4, -0.2) is 16.8 Å². The molecule has 0 amide bonds. The number of ether oxygens (including phenoxy) is 1. The van der Waals surface area contributed by atoms with Crippen molar-refractivity contribution in [2.24, 2.45) is 0 Å². The van der Waals surface area contributed by atoms with Crippen LogP contribution in [0.3, 0.4) is 0 Å². The lowest BCUT2D eigenvalue weighted by atomic mass is 10.3. The molecule has 5 nitrogen and oxygen atoms in total. The van der Waals surface area contributed by atoms with Gasteiger partial charge in [0.2, 0.25) is 5.89 Å². The van der Waals surface area contributed by atoms with Gasteiger partial charge >= 0.3 is 12.6 Å². The number of nitrogens with one attached hydrogen (secondary N) is 1. The van der Waals surface area contributed by atoms with Gasteiger partial charge in [-0.05, 0) is 31.2 Å². The molecule has 8 heteroatoms. The van der Waals surface area contributed by atoms with E-state index in [-0.39, 0.29) is 17.1 Å². The van der Waals surface area contributed by atoms with E-state index in [0.29, 0.717) is 11.6 Å². The Hall–Kier alpha value is -1.89. The molecule has 1 aromatic carbocycles. The van der Waals surface area contributed by atoms with Crippen LogP contribution < -0.4 is 10.1 Å². The Balaban J connectivity index is 2.02. The summed E-state index contributed by atoms with van der Waals surface area (Å²) < 4.78 is 33.4. The van der Waals surface area contributed by atoms with Crippen LogP contribution >= 0.6 is 11.6 Å². The van der Waals surface area contributed by atoms with Crippen LogP contribution in [0.2, 0.25) is 0 Å². The predicted octanol–water partition coefficient (Wildman–Crippen LogP) is 3.71. The Labute approximate surface area is 112 Å². The van der Waals surface area contributed by atoms with Crippen molar-refractivity contribution in [3.05, 3.63) is 30.2 Å². The topological polar surface area (TPSA) is 60.2 Å². The monoisotopic (exact) mass is 289 g/mol. The summed E-state index contributed by atoms with van der Waals surface area (Å²) in [5.74, 6) is 0.364. The fourth-order valence-electron chi connectivity index (χ4n) is 1.29. The number of hydrogen-bond donors (Lipinski definition) is 1. The largest absolute Gasteiger partial charge is 0.435 e. The second kappa shape index (κ2) is 5.83. The van der Waals surface area contributed by atoms with Crippen LogP contribution in [0.15, 0.2) is 28.7 Å². The number of nitrogens with zero attached hydrogens (tertiary/aromatic N) is 2. The van der Waals surface area contributed by atoms with Gasteiger partial charge in [0.15, 0.2) is 0 Å². The third-order valence-electron chi connectivity index (χ3n) is 2.11. The number of halogens is 3. The van der Waals surface area contributed by atoms with Crippen molar-refractivity contribution in [1.29, 1.82) is 0 Å². The first kappa shape index (κ1) is 13.5. The van der Waals surface area contributed by atoms with Crippen LogP contribution in [0.25, 0.3) is 0 Å². The lowest BCUT2D eigenvalue weighted by Crippen LogP contribution is -2.01. The normalized spacial score (nSPS) is 12.5. The molecular formula is C11H10ClF2N3O2. The van der Waals surface area contributed by atoms with E-state index in [1.807, 2.05) is 0 Å². The van der Waals surface area contributed by atoms with Gasteiger partial charge in [0.25, 0.3) is 0 Å². The summed E-state index contributed by atoms with van der Waals surface area (Å²) in [6, 6.07) is 6.06. The Kier molecular flexibility index (Phi) is 4.16. The lowest BCUT2D eigenvalue weighted by Gasteiger charge is -2.05. The summed E-state index contributed by atoms with van der Waals surface area (Å²) in [6.07, 6.45) is 0. The molecule has 2 aromatic rings. The smallest absolute Gasteiger partial charge is 0.387 e. The summed E-state index contributed by atoms with van der Waals surface area (Å²) in [5, 5.41) is 9.91. The molecular weight excluding hydrogens is 280 g/mol. The highest BCUT2D eigenvalue weighted by Gasteiger charge is 2.11. The standard InChI is InChI=1S/C11H10ClF2N3O2/c1-6(12)9-16-17-11(19-9)15-7-2-4-8(5-3-7)18-10(13)14/h2-6,10H,1H3,(H,15,17). The van der Waals surface area contributed by atoms with Gasteiger partial charge < -0.3 is 14.5 Å². The molecule has 0 saturated carbocycles. The number of anilines is 2. The van der Waals surface area contributed by atoms with Crippen LogP contribution in [0.4, 0.5) is 20.5 Å². The van der Waals surface area contributed by atoms with E-state index in [1.54, 1.807) is 19.1 Å². The average molecular weight is 290 g/mol. The van der Waals surface area contributed by atoms with Crippen molar-refractivity contribution in [2.75, 3.05) is 5.32 Å². The molecule has 0 fully saturated rings. The summed E-state index contributed by atoms with van der Waals surface area (Å²) in [6.45, 7) is -1.14. The highest BCUT2D eigenvalue weighted by atomic mass is 35.5. The third kappa shape index (κ3) is 3.78. The summed E-state index contributed by atoms with van der Waals surface area (Å²) in [5.41, 5.74) is 0.596. The molecule has 0 radical (unpaired) electrons. The van der Waals surface area contributed by atoms with Crippen molar-refractivity contribution >= 4 is 23.3 Å². The molecule has 0 aliphatic carbocycles. The van der Waals surface area contributed by atoms with E-state index in [4.69, 9.17) is 16.0 Å². The Morgan fingerprint density at radius 2 is 1.95 bits per heavy atom. The second-order valence-corrected chi connectivity index (χ2v) is 4.24. The number of benzene rings is 1. The van der Waals surface area contributed by atoms with Crippen molar-refractivity contribution in [3.8, 4) is 5.75 Å². The number of alkyl halides is 3. The molecule has 1 atom stereocenters. The van der Waals surface area contributed by atoms with Crippen molar-refractivity contribution in [3.63, 3.8) is 0 Å². The molecule has 1 aromatic heterocycles. The molecule has 0 spiro atoms. The number of rotatable bonds is 5. The van der Waals surface area contributed by atoms with Gasteiger partial charge in [0.05, 0.1) is 0 Å². The maximum atomic E-state index is 12.0. The fourth-order valence-corrected chi connectivity index (χ4v) is 1.38. The minimum Gasteiger partial charge on any atom is -0.435 e. The summed E-state index contributed by atoms with van der Waals surface area (Å²) >= 11 is 5.78. The Morgan fingerprint density at radius 3 is 2.47 bits per heavy atom. The van der Waals surface area contributed by atoms with Gasteiger partial charge in [-0.15, -0.1) is 16.7 Å². The number of hydrogen-bond acceptors (Lipinski definition) is 5. The minimum atomic E-state index is -2.84. The predicted molar refractivity (Wildman–Crippen MR) is 64.9 cm³/mol. The van der Waals surface area contributed by atoms with Gasteiger partial charge in [0, 0.05) is 5.69 Å². The molecule has 0 saturated heterocycles. The quantitative estimate of drug-likeness (QED) is 0.850. The average Bonchev–Trinajstić information content (AvgIpc) is 2.80. The lowest BCUT2D eigenvalue weighted by molar-refractivity contribution is -0.0498. The molecule has 0 aliphatic rings. The van der Waals surface area contributed by atoms with Crippen molar-refractivity contribution < 1.29 is 17.9 Å². The van der Waals surface area contributed by atoms with E-state index in [2.05, 4.69) is 20.3 Å².